The topological polar surface area (TPSA) is 226 Å². The van der Waals surface area contributed by atoms with Gasteiger partial charge in [0.2, 0.25) is 5.91 Å². The number of aliphatic hydroxyl groups is 7. The summed E-state index contributed by atoms with van der Waals surface area (Å²) in [5.74, 6) is -0.606. The predicted molar refractivity (Wildman–Crippen MR) is 206 cm³/mol. The van der Waals surface area contributed by atoms with Gasteiger partial charge in [-0.15, -0.1) is 0 Å². The quantitative estimate of drug-likeness (QED) is 0.0243. The van der Waals surface area contributed by atoms with E-state index in [1.165, 1.54) is 70.3 Å². The predicted octanol–water partition coefficient (Wildman–Crippen LogP) is 5.25. The molecule has 0 heterocycles. The number of amides is 1. The zero-order chi connectivity index (χ0) is 39.5. The summed E-state index contributed by atoms with van der Waals surface area (Å²) in [4.78, 5) is 23.3. The van der Waals surface area contributed by atoms with Gasteiger partial charge in [0.1, 0.15) is 36.6 Å². The fourth-order valence-corrected chi connectivity index (χ4v) is 7.30. The van der Waals surface area contributed by atoms with Gasteiger partial charge >= 0.3 is 7.82 Å². The lowest BCUT2D eigenvalue weighted by molar-refractivity contribution is -0.220. The largest absolute Gasteiger partial charge is 0.472 e. The Balaban J connectivity index is 2.65. The van der Waals surface area contributed by atoms with E-state index in [9.17, 15) is 50.0 Å². The number of aliphatic hydroxyl groups excluding tert-OH is 7. The number of nitrogens with one attached hydrogen (secondary N) is 1. The molecule has 0 aromatic heterocycles. The summed E-state index contributed by atoms with van der Waals surface area (Å²) >= 11 is 0. The SMILES string of the molecule is CCCC/C=C\CCCCCC(O)CC(=O)NC(COP(=O)(O)OC1C(O)C(O)C(O)C(O)C1O)C(O)/C=C/CCCCCCCCCCCCCC. The van der Waals surface area contributed by atoms with Crippen LogP contribution in [-0.4, -0.2) is 108 Å². The van der Waals surface area contributed by atoms with Crippen LogP contribution in [0.5, 0.6) is 0 Å². The molecule has 0 bridgehead atoms. The van der Waals surface area contributed by atoms with Crippen molar-refractivity contribution in [1.82, 2.24) is 5.32 Å². The molecule has 312 valence electrons. The summed E-state index contributed by atoms with van der Waals surface area (Å²) in [6, 6.07) is -1.24. The summed E-state index contributed by atoms with van der Waals surface area (Å²) in [7, 11) is -5.13. The Hall–Kier alpha value is -1.22. The molecular weight excluding hydrogens is 705 g/mol. The van der Waals surface area contributed by atoms with Crippen LogP contribution in [0.25, 0.3) is 0 Å². The van der Waals surface area contributed by atoms with Gasteiger partial charge in [0.25, 0.3) is 0 Å². The van der Waals surface area contributed by atoms with Gasteiger partial charge in [-0.25, -0.2) is 4.57 Å². The molecule has 1 aliphatic carbocycles. The first-order chi connectivity index (χ1) is 25.3. The first-order valence-corrected chi connectivity index (χ1v) is 21.9. The molecule has 8 unspecified atom stereocenters. The molecule has 1 saturated carbocycles. The Morgan fingerprint density at radius 2 is 1.11 bits per heavy atom. The van der Waals surface area contributed by atoms with Gasteiger partial charge < -0.3 is 46.0 Å². The second-order valence-electron chi connectivity index (χ2n) is 14.7. The maximum absolute atomic E-state index is 12.9. The number of allylic oxidation sites excluding steroid dienone is 3. The molecule has 1 aliphatic rings. The average molecular weight is 780 g/mol. The summed E-state index contributed by atoms with van der Waals surface area (Å²) in [5, 5.41) is 74.0. The van der Waals surface area contributed by atoms with Crippen LogP contribution in [0.3, 0.4) is 0 Å². The van der Waals surface area contributed by atoms with Crippen LogP contribution in [0.2, 0.25) is 0 Å². The standard InChI is InChI=1S/C39H74NO12P/c1-3-5-7-9-11-13-14-15-16-17-19-21-23-25-27-32(42)31(40-33(43)28-30(41)26-24-22-20-18-12-10-8-6-4-2)29-51-53(49,50)52-39-37(47)35(45)34(44)36(46)38(39)48/h10,12,25,27,30-32,34-39,41-42,44-48H,3-9,11,13-24,26,28-29H2,1-2H3,(H,40,43)(H,49,50)/b12-10-,27-25+. The zero-order valence-electron chi connectivity index (χ0n) is 32.4. The smallest absolute Gasteiger partial charge is 0.393 e. The number of hydrogen-bond acceptors (Lipinski definition) is 11. The Labute approximate surface area is 318 Å². The van der Waals surface area contributed by atoms with Gasteiger partial charge in [0.15, 0.2) is 0 Å². The fourth-order valence-electron chi connectivity index (χ4n) is 6.34. The highest BCUT2D eigenvalue weighted by molar-refractivity contribution is 7.47. The third-order valence-corrected chi connectivity index (χ3v) is 10.8. The fraction of sp³-hybridized carbons (Fsp3) is 0.872. The molecule has 53 heavy (non-hydrogen) atoms. The number of hydrogen-bond donors (Lipinski definition) is 9. The Bertz CT molecular complexity index is 1020. The summed E-state index contributed by atoms with van der Waals surface area (Å²) in [5.41, 5.74) is 0. The maximum Gasteiger partial charge on any atom is 0.472 e. The van der Waals surface area contributed by atoms with E-state index in [0.29, 0.717) is 12.8 Å². The second-order valence-corrected chi connectivity index (χ2v) is 16.1. The van der Waals surface area contributed by atoms with Crippen LogP contribution in [0.4, 0.5) is 0 Å². The zero-order valence-corrected chi connectivity index (χ0v) is 33.3. The van der Waals surface area contributed by atoms with Crippen LogP contribution in [0.1, 0.15) is 155 Å². The molecule has 14 heteroatoms. The van der Waals surface area contributed by atoms with Gasteiger partial charge in [-0.1, -0.05) is 134 Å². The van der Waals surface area contributed by atoms with E-state index < -0.39 is 75.2 Å². The van der Waals surface area contributed by atoms with Crippen molar-refractivity contribution in [1.29, 1.82) is 0 Å². The van der Waals surface area contributed by atoms with E-state index >= 15 is 0 Å². The highest BCUT2D eigenvalue weighted by Gasteiger charge is 2.51. The van der Waals surface area contributed by atoms with Crippen molar-refractivity contribution in [3.63, 3.8) is 0 Å². The Morgan fingerprint density at radius 3 is 1.66 bits per heavy atom. The molecule has 0 aromatic rings. The molecule has 0 radical (unpaired) electrons. The molecule has 1 amide bonds. The van der Waals surface area contributed by atoms with Crippen LogP contribution in [-0.2, 0) is 18.4 Å². The second kappa shape index (κ2) is 30.0. The van der Waals surface area contributed by atoms with E-state index in [1.54, 1.807) is 6.08 Å². The van der Waals surface area contributed by atoms with E-state index in [0.717, 1.165) is 57.8 Å². The monoisotopic (exact) mass is 779 g/mol. The van der Waals surface area contributed by atoms with Gasteiger partial charge in [0.05, 0.1) is 31.3 Å². The number of carbonyl (C=O) groups is 1. The van der Waals surface area contributed by atoms with E-state index in [-0.39, 0.29) is 6.42 Å². The van der Waals surface area contributed by atoms with Crippen molar-refractivity contribution < 1.29 is 59.0 Å². The highest BCUT2D eigenvalue weighted by atomic mass is 31.2. The molecule has 1 fully saturated rings. The minimum absolute atomic E-state index is 0.255. The molecule has 0 aliphatic heterocycles. The van der Waals surface area contributed by atoms with Gasteiger partial charge in [0, 0.05) is 0 Å². The summed E-state index contributed by atoms with van der Waals surface area (Å²) in [6.07, 6.45) is 15.8. The molecule has 0 saturated heterocycles. The van der Waals surface area contributed by atoms with Crippen molar-refractivity contribution in [2.45, 2.75) is 210 Å². The van der Waals surface area contributed by atoms with Gasteiger partial charge in [-0.2, -0.15) is 0 Å². The van der Waals surface area contributed by atoms with E-state index in [1.807, 2.05) is 0 Å². The highest BCUT2D eigenvalue weighted by Crippen LogP contribution is 2.47. The number of rotatable bonds is 32. The molecule has 13 nitrogen and oxygen atoms in total. The number of carbonyl (C=O) groups excluding carboxylic acids is 1. The lowest BCUT2D eigenvalue weighted by atomic mass is 9.85. The minimum Gasteiger partial charge on any atom is -0.393 e. The van der Waals surface area contributed by atoms with Crippen molar-refractivity contribution in [3.8, 4) is 0 Å². The lowest BCUT2D eigenvalue weighted by Gasteiger charge is -2.41. The maximum atomic E-state index is 12.9. The normalized spacial score (nSPS) is 25.1. The van der Waals surface area contributed by atoms with Crippen molar-refractivity contribution in [2.24, 2.45) is 0 Å². The van der Waals surface area contributed by atoms with Gasteiger partial charge in [-0.05, 0) is 38.5 Å². The van der Waals surface area contributed by atoms with Gasteiger partial charge in [-0.3, -0.25) is 13.8 Å². The van der Waals surface area contributed by atoms with Crippen LogP contribution >= 0.6 is 7.82 Å². The number of phosphoric acid groups is 1. The third kappa shape index (κ3) is 22.8. The molecular formula is C39H74NO12P. The van der Waals surface area contributed by atoms with Crippen molar-refractivity contribution in [2.75, 3.05) is 6.61 Å². The average Bonchev–Trinajstić information content (AvgIpc) is 3.12. The van der Waals surface area contributed by atoms with E-state index in [4.69, 9.17) is 9.05 Å². The lowest BCUT2D eigenvalue weighted by Crippen LogP contribution is -2.64. The minimum atomic E-state index is -5.13. The van der Waals surface area contributed by atoms with Crippen LogP contribution in [0.15, 0.2) is 24.3 Å². The molecule has 8 atom stereocenters. The Morgan fingerprint density at radius 1 is 0.660 bits per heavy atom. The molecule has 9 N–H and O–H groups in total. The van der Waals surface area contributed by atoms with Crippen molar-refractivity contribution in [3.05, 3.63) is 24.3 Å². The third-order valence-electron chi connectivity index (χ3n) is 9.78. The number of phosphoric ester groups is 1. The first-order valence-electron chi connectivity index (χ1n) is 20.4. The number of unbranched alkanes of at least 4 members (excludes halogenated alkanes) is 17. The molecule has 0 aromatic carbocycles. The van der Waals surface area contributed by atoms with Crippen LogP contribution < -0.4 is 5.32 Å². The van der Waals surface area contributed by atoms with Crippen LogP contribution in [0, 0.1) is 0 Å². The van der Waals surface area contributed by atoms with E-state index in [2.05, 4.69) is 31.3 Å². The first kappa shape index (κ1) is 49.8. The molecule has 1 rings (SSSR count). The summed E-state index contributed by atoms with van der Waals surface area (Å²) < 4.78 is 22.7. The summed E-state index contributed by atoms with van der Waals surface area (Å²) in [6.45, 7) is 3.64. The van der Waals surface area contributed by atoms with Crippen molar-refractivity contribution >= 4 is 13.7 Å². The molecule has 0 spiro atoms. The Kier molecular flexibility index (Phi) is 28.2.